The molecule has 1 unspecified atom stereocenters. The van der Waals surface area contributed by atoms with Crippen LogP contribution in [0.15, 0.2) is 24.3 Å². The van der Waals surface area contributed by atoms with Gasteiger partial charge < -0.3 is 0 Å². The van der Waals surface area contributed by atoms with Gasteiger partial charge in [0.15, 0.2) is 0 Å². The monoisotopic (exact) mass is 288 g/mol. The number of benzene rings is 1. The summed E-state index contributed by atoms with van der Waals surface area (Å²) in [6, 6.07) is 6.58. The number of nitrogens with zero attached hydrogens (tertiary/aromatic N) is 2. The highest BCUT2D eigenvalue weighted by Crippen LogP contribution is 2.34. The molecule has 0 aromatic heterocycles. The molecule has 2 heterocycles. The van der Waals surface area contributed by atoms with E-state index < -0.39 is 11.2 Å². The number of hydrogen-bond donors (Lipinski definition) is 0. The molecule has 1 aromatic carbocycles. The molecule has 1 aromatic rings. The van der Waals surface area contributed by atoms with Gasteiger partial charge in [-0.3, -0.25) is 4.79 Å². The summed E-state index contributed by atoms with van der Waals surface area (Å²) < 4.78 is 15.3. The standard InChI is InChI=1S/C10H9ClN2O2S2/c11-7-1-3-8(4-2-7)13-10(14)9-5-16-6-12(9)17(13)15/h1-4,9H,5-6H2/t9-,17?/m0/s1. The highest BCUT2D eigenvalue weighted by Gasteiger charge is 2.48. The summed E-state index contributed by atoms with van der Waals surface area (Å²) in [7, 11) is 0. The van der Waals surface area contributed by atoms with E-state index in [2.05, 4.69) is 0 Å². The molecule has 0 saturated carbocycles. The number of carbonyl (C=O) groups is 1. The first-order valence-corrected chi connectivity index (χ1v) is 7.64. The van der Waals surface area contributed by atoms with Crippen molar-refractivity contribution in [3.63, 3.8) is 0 Å². The highest BCUT2D eigenvalue weighted by atomic mass is 35.5. The van der Waals surface area contributed by atoms with Gasteiger partial charge in [0.25, 0.3) is 5.91 Å². The Labute approximate surface area is 111 Å². The molecule has 2 atom stereocenters. The molecule has 0 radical (unpaired) electrons. The Balaban J connectivity index is 1.96. The Kier molecular flexibility index (Phi) is 2.90. The van der Waals surface area contributed by atoms with Crippen LogP contribution in [0.4, 0.5) is 5.69 Å². The molecule has 2 fully saturated rings. The smallest absolute Gasteiger partial charge is 0.259 e. The van der Waals surface area contributed by atoms with Crippen molar-refractivity contribution in [1.82, 2.24) is 4.31 Å². The minimum atomic E-state index is -1.40. The van der Waals surface area contributed by atoms with E-state index in [9.17, 15) is 9.00 Å². The number of amides is 1. The van der Waals surface area contributed by atoms with Gasteiger partial charge in [-0.2, -0.15) is 4.31 Å². The van der Waals surface area contributed by atoms with E-state index in [1.807, 2.05) is 0 Å². The van der Waals surface area contributed by atoms with Gasteiger partial charge in [-0.25, -0.2) is 8.51 Å². The largest absolute Gasteiger partial charge is 0.272 e. The number of fused-ring (bicyclic) bond motifs is 1. The van der Waals surface area contributed by atoms with Crippen LogP contribution in [0.2, 0.25) is 5.02 Å². The second-order valence-corrected chi connectivity index (χ2v) is 6.50. The lowest BCUT2D eigenvalue weighted by Gasteiger charge is -2.15. The van der Waals surface area contributed by atoms with Crippen LogP contribution in [0.5, 0.6) is 0 Å². The van der Waals surface area contributed by atoms with Gasteiger partial charge in [0.05, 0.1) is 11.6 Å². The predicted octanol–water partition coefficient (Wildman–Crippen LogP) is 1.64. The summed E-state index contributed by atoms with van der Waals surface area (Å²) in [4.78, 5) is 12.1. The van der Waals surface area contributed by atoms with Crippen molar-refractivity contribution in [3.8, 4) is 0 Å². The lowest BCUT2D eigenvalue weighted by atomic mass is 10.3. The van der Waals surface area contributed by atoms with Gasteiger partial charge >= 0.3 is 0 Å². The van der Waals surface area contributed by atoms with Crippen molar-refractivity contribution in [1.29, 1.82) is 0 Å². The van der Waals surface area contributed by atoms with Crippen LogP contribution >= 0.6 is 23.4 Å². The average molecular weight is 289 g/mol. The van der Waals surface area contributed by atoms with E-state index >= 15 is 0 Å². The van der Waals surface area contributed by atoms with Crippen LogP contribution in [0.3, 0.4) is 0 Å². The average Bonchev–Trinajstić information content (AvgIpc) is 2.87. The highest BCUT2D eigenvalue weighted by molar-refractivity contribution is 8.00. The third kappa shape index (κ3) is 1.79. The zero-order valence-electron chi connectivity index (χ0n) is 8.71. The molecule has 2 aliphatic heterocycles. The molecular weight excluding hydrogens is 280 g/mol. The Morgan fingerprint density at radius 2 is 2.06 bits per heavy atom. The molecule has 0 aliphatic carbocycles. The minimum Gasteiger partial charge on any atom is -0.272 e. The number of hydrogen-bond acceptors (Lipinski definition) is 3. The summed E-state index contributed by atoms with van der Waals surface area (Å²) in [6.07, 6.45) is 0. The lowest BCUT2D eigenvalue weighted by molar-refractivity contribution is -0.118. The zero-order chi connectivity index (χ0) is 12.0. The second-order valence-electron chi connectivity index (χ2n) is 3.77. The molecule has 90 valence electrons. The molecule has 0 spiro atoms. The summed E-state index contributed by atoms with van der Waals surface area (Å²) in [5.74, 6) is 1.28. The van der Waals surface area contributed by atoms with Crippen LogP contribution in [0.25, 0.3) is 0 Å². The molecule has 2 aliphatic rings. The van der Waals surface area contributed by atoms with Crippen LogP contribution in [-0.4, -0.2) is 32.1 Å². The Bertz CT molecular complexity index is 472. The maximum Gasteiger partial charge on any atom is 0.259 e. The van der Waals surface area contributed by atoms with E-state index in [0.29, 0.717) is 22.3 Å². The van der Waals surface area contributed by atoms with Gasteiger partial charge in [-0.1, -0.05) is 11.6 Å². The molecule has 1 amide bonds. The van der Waals surface area contributed by atoms with Crippen LogP contribution in [-0.2, 0) is 16.0 Å². The van der Waals surface area contributed by atoms with E-state index in [-0.39, 0.29) is 11.9 Å². The molecule has 0 N–H and O–H groups in total. The van der Waals surface area contributed by atoms with Gasteiger partial charge in [-0.05, 0) is 24.3 Å². The molecule has 0 bridgehead atoms. The zero-order valence-corrected chi connectivity index (χ0v) is 11.1. The number of carbonyl (C=O) groups excluding carboxylic acids is 1. The molecule has 7 heteroatoms. The Morgan fingerprint density at radius 1 is 1.35 bits per heavy atom. The topological polar surface area (TPSA) is 40.6 Å². The Hall–Kier alpha value is -0.560. The first-order valence-electron chi connectivity index (χ1n) is 5.04. The van der Waals surface area contributed by atoms with E-state index in [1.54, 1.807) is 40.3 Å². The number of thioether (sulfide) groups is 1. The first-order chi connectivity index (χ1) is 8.18. The lowest BCUT2D eigenvalue weighted by Crippen LogP contribution is -2.30. The van der Waals surface area contributed by atoms with Crippen LogP contribution in [0.1, 0.15) is 0 Å². The maximum atomic E-state index is 12.2. The number of rotatable bonds is 1. The maximum absolute atomic E-state index is 12.2. The molecule has 17 heavy (non-hydrogen) atoms. The fourth-order valence-corrected chi connectivity index (χ4v) is 4.87. The normalized spacial score (nSPS) is 28.8. The molecule has 4 nitrogen and oxygen atoms in total. The van der Waals surface area contributed by atoms with E-state index in [4.69, 9.17) is 11.6 Å². The van der Waals surface area contributed by atoms with E-state index in [0.717, 1.165) is 0 Å². The Morgan fingerprint density at radius 3 is 2.71 bits per heavy atom. The summed E-state index contributed by atoms with van der Waals surface area (Å²) >= 11 is 6.03. The van der Waals surface area contributed by atoms with Crippen molar-refractivity contribution < 1.29 is 9.00 Å². The van der Waals surface area contributed by atoms with Crippen molar-refractivity contribution in [2.75, 3.05) is 15.9 Å². The second kappa shape index (κ2) is 4.28. The number of anilines is 1. The first kappa shape index (κ1) is 11.5. The van der Waals surface area contributed by atoms with Crippen molar-refractivity contribution in [2.45, 2.75) is 6.04 Å². The van der Waals surface area contributed by atoms with Crippen molar-refractivity contribution in [3.05, 3.63) is 29.3 Å². The molecular formula is C10H9ClN2O2S2. The number of halogens is 1. The SMILES string of the molecule is O=C1[C@@H]2CSCN2S(=O)N1c1ccc(Cl)cc1. The summed E-state index contributed by atoms with van der Waals surface area (Å²) in [6.45, 7) is 0. The quantitative estimate of drug-likeness (QED) is 0.789. The fourth-order valence-electron chi connectivity index (χ4n) is 1.89. The predicted molar refractivity (Wildman–Crippen MR) is 70.0 cm³/mol. The van der Waals surface area contributed by atoms with Gasteiger partial charge in [-0.15, -0.1) is 11.8 Å². The summed E-state index contributed by atoms with van der Waals surface area (Å²) in [5, 5.41) is 0.599. The van der Waals surface area contributed by atoms with Crippen molar-refractivity contribution >= 4 is 46.1 Å². The van der Waals surface area contributed by atoms with E-state index in [1.165, 1.54) is 4.31 Å². The molecule has 3 rings (SSSR count). The summed E-state index contributed by atoms with van der Waals surface area (Å²) in [5.41, 5.74) is 0.636. The third-order valence-electron chi connectivity index (χ3n) is 2.75. The fraction of sp³-hybridized carbons (Fsp3) is 0.300. The van der Waals surface area contributed by atoms with Gasteiger partial charge in [0.2, 0.25) is 11.2 Å². The van der Waals surface area contributed by atoms with Gasteiger partial charge in [0, 0.05) is 10.8 Å². The van der Waals surface area contributed by atoms with Crippen LogP contribution in [0, 0.1) is 0 Å². The van der Waals surface area contributed by atoms with Crippen molar-refractivity contribution in [2.24, 2.45) is 0 Å². The minimum absolute atomic E-state index is 0.0874. The third-order valence-corrected chi connectivity index (χ3v) is 5.66. The van der Waals surface area contributed by atoms with Gasteiger partial charge in [0.1, 0.15) is 6.04 Å². The van der Waals surface area contributed by atoms with Crippen LogP contribution < -0.4 is 4.31 Å². The molecule has 2 saturated heterocycles.